The number of Topliss-reactive ketones (excluding diaryl/α,β-unsaturated/α-hetero) is 1. The number of carbonyl (C=O) groups is 1. The summed E-state index contributed by atoms with van der Waals surface area (Å²) in [5.74, 6) is 1.82. The molecule has 1 N–H and O–H groups in total. The second kappa shape index (κ2) is 12.6. The number of pyridine rings is 1. The summed E-state index contributed by atoms with van der Waals surface area (Å²) in [5.41, 5.74) is 3.90. The highest BCUT2D eigenvalue weighted by atomic mass is 16.5. The predicted molar refractivity (Wildman–Crippen MR) is 154 cm³/mol. The largest absolute Gasteiger partial charge is 0.383 e. The monoisotopic (exact) mass is 529 g/mol. The molecule has 3 aromatic rings. The van der Waals surface area contributed by atoms with Gasteiger partial charge in [0.1, 0.15) is 11.6 Å². The second-order valence-corrected chi connectivity index (χ2v) is 10.7. The van der Waals surface area contributed by atoms with E-state index in [1.807, 2.05) is 37.5 Å². The predicted octanol–water partition coefficient (Wildman–Crippen LogP) is 3.85. The molecule has 1 saturated heterocycles. The van der Waals surface area contributed by atoms with Crippen molar-refractivity contribution in [2.45, 2.75) is 32.4 Å². The van der Waals surface area contributed by atoms with E-state index in [2.05, 4.69) is 55.1 Å². The number of anilines is 3. The lowest BCUT2D eigenvalue weighted by molar-refractivity contribution is -0.124. The summed E-state index contributed by atoms with van der Waals surface area (Å²) in [5, 5.41) is 3.37. The van der Waals surface area contributed by atoms with Crippen molar-refractivity contribution in [3.05, 3.63) is 60.4 Å². The lowest BCUT2D eigenvalue weighted by atomic mass is 9.99. The maximum absolute atomic E-state index is 13.1. The van der Waals surface area contributed by atoms with E-state index in [0.717, 1.165) is 68.3 Å². The molecule has 0 aliphatic carbocycles. The van der Waals surface area contributed by atoms with Gasteiger partial charge in [0.05, 0.1) is 18.8 Å². The minimum Gasteiger partial charge on any atom is -0.383 e. The fourth-order valence-corrected chi connectivity index (χ4v) is 5.40. The Morgan fingerprint density at radius 3 is 2.79 bits per heavy atom. The van der Waals surface area contributed by atoms with Crippen LogP contribution in [-0.4, -0.2) is 90.1 Å². The summed E-state index contributed by atoms with van der Waals surface area (Å²) in [6.45, 7) is 7.47. The van der Waals surface area contributed by atoms with Gasteiger partial charge >= 0.3 is 0 Å². The molecular formula is C30H39N7O2. The van der Waals surface area contributed by atoms with Gasteiger partial charge in [0.2, 0.25) is 5.95 Å². The number of rotatable bonds is 2. The van der Waals surface area contributed by atoms with E-state index in [4.69, 9.17) is 9.72 Å². The lowest BCUT2D eigenvalue weighted by Gasteiger charge is -2.41. The zero-order valence-electron chi connectivity index (χ0n) is 23.2. The van der Waals surface area contributed by atoms with Gasteiger partial charge in [-0.3, -0.25) is 14.6 Å². The average molecular weight is 530 g/mol. The molecule has 0 amide bonds. The molecule has 0 saturated carbocycles. The Bertz CT molecular complexity index is 1250. The van der Waals surface area contributed by atoms with Crippen molar-refractivity contribution < 1.29 is 9.53 Å². The van der Waals surface area contributed by atoms with Crippen LogP contribution in [0.25, 0.3) is 11.3 Å². The number of hydrogen-bond acceptors (Lipinski definition) is 9. The molecule has 5 aliphatic heterocycles. The third-order valence-corrected chi connectivity index (χ3v) is 7.77. The van der Waals surface area contributed by atoms with Crippen molar-refractivity contribution in [2.24, 2.45) is 5.92 Å². The topological polar surface area (TPSA) is 86.7 Å². The molecule has 5 aliphatic rings. The second-order valence-electron chi connectivity index (χ2n) is 10.7. The fourth-order valence-electron chi connectivity index (χ4n) is 5.40. The molecule has 9 heteroatoms. The number of carbonyl (C=O) groups excluding carboxylic acids is 1. The van der Waals surface area contributed by atoms with Crippen LogP contribution in [0.3, 0.4) is 0 Å². The number of ether oxygens (including phenoxy) is 1. The molecule has 9 nitrogen and oxygen atoms in total. The first-order valence-corrected chi connectivity index (χ1v) is 13.8. The molecule has 1 aromatic carbocycles. The quantitative estimate of drug-likeness (QED) is 0.532. The highest BCUT2D eigenvalue weighted by Gasteiger charge is 2.29. The maximum atomic E-state index is 13.1. The van der Waals surface area contributed by atoms with Crippen LogP contribution in [0, 0.1) is 5.92 Å². The van der Waals surface area contributed by atoms with E-state index in [0.29, 0.717) is 24.9 Å². The van der Waals surface area contributed by atoms with Crippen LogP contribution in [0.5, 0.6) is 0 Å². The Balaban J connectivity index is 1.41. The highest BCUT2D eigenvalue weighted by Crippen LogP contribution is 2.23. The van der Waals surface area contributed by atoms with Gasteiger partial charge in [-0.05, 0) is 48.7 Å². The van der Waals surface area contributed by atoms with Crippen molar-refractivity contribution >= 4 is 23.2 Å². The van der Waals surface area contributed by atoms with Gasteiger partial charge in [-0.15, -0.1) is 0 Å². The molecule has 4 unspecified atom stereocenters. The zero-order valence-corrected chi connectivity index (χ0v) is 23.2. The molecule has 4 atom stereocenters. The normalized spacial score (nSPS) is 24.4. The molecule has 0 spiro atoms. The molecule has 39 heavy (non-hydrogen) atoms. The number of nitrogens with one attached hydrogen (secondary N) is 1. The van der Waals surface area contributed by atoms with Crippen molar-refractivity contribution in [1.82, 2.24) is 24.8 Å². The fraction of sp³-hybridized carbons (Fsp3) is 0.467. The summed E-state index contributed by atoms with van der Waals surface area (Å²) in [4.78, 5) is 33.9. The molecule has 206 valence electrons. The summed E-state index contributed by atoms with van der Waals surface area (Å²) >= 11 is 0. The summed E-state index contributed by atoms with van der Waals surface area (Å²) in [6, 6.07) is 14.6. The highest BCUT2D eigenvalue weighted by molar-refractivity contribution is 5.82. The van der Waals surface area contributed by atoms with Crippen molar-refractivity contribution in [2.75, 3.05) is 63.7 Å². The minimum atomic E-state index is 0.0384. The number of benzene rings is 1. The minimum absolute atomic E-state index is 0.0384. The van der Waals surface area contributed by atoms with E-state index < -0.39 is 0 Å². The van der Waals surface area contributed by atoms with Crippen LogP contribution in [-0.2, 0) is 16.1 Å². The van der Waals surface area contributed by atoms with Gasteiger partial charge in [0.15, 0.2) is 0 Å². The van der Waals surface area contributed by atoms with Crippen LogP contribution in [0.1, 0.15) is 25.3 Å². The maximum Gasteiger partial charge on any atom is 0.227 e. The Hall–Kier alpha value is -3.40. The summed E-state index contributed by atoms with van der Waals surface area (Å²) in [6.07, 6.45) is 5.44. The SMILES string of the molecule is COCC1CN2CCN1Cc1cccc(c1)Nc1nccc(n1)-c1ccc(nc1)N(C)CCCC(C)C(=O)C2. The first-order valence-electron chi connectivity index (χ1n) is 13.8. The Morgan fingerprint density at radius 2 is 1.97 bits per heavy atom. The molecule has 0 radical (unpaired) electrons. The summed E-state index contributed by atoms with van der Waals surface area (Å²) < 4.78 is 5.58. The van der Waals surface area contributed by atoms with Crippen LogP contribution in [0.2, 0.25) is 0 Å². The number of piperazine rings is 1. The van der Waals surface area contributed by atoms with Crippen LogP contribution in [0.4, 0.5) is 17.5 Å². The van der Waals surface area contributed by atoms with Crippen molar-refractivity contribution in [1.29, 1.82) is 0 Å². The van der Waals surface area contributed by atoms with E-state index in [-0.39, 0.29) is 12.0 Å². The first-order chi connectivity index (χ1) is 19.0. The Morgan fingerprint density at radius 1 is 1.08 bits per heavy atom. The van der Waals surface area contributed by atoms with Crippen molar-refractivity contribution in [3.8, 4) is 11.3 Å². The number of nitrogens with zero attached hydrogens (tertiary/aromatic N) is 6. The lowest BCUT2D eigenvalue weighted by Crippen LogP contribution is -2.55. The molecule has 8 bridgehead atoms. The zero-order chi connectivity index (χ0) is 27.2. The third kappa shape index (κ3) is 6.98. The average Bonchev–Trinajstić information content (AvgIpc) is 2.94. The number of methoxy groups -OCH3 is 1. The van der Waals surface area contributed by atoms with Gasteiger partial charge < -0.3 is 15.0 Å². The number of aromatic nitrogens is 3. The van der Waals surface area contributed by atoms with E-state index >= 15 is 0 Å². The van der Waals surface area contributed by atoms with Gasteiger partial charge in [0.25, 0.3) is 0 Å². The number of ketones is 1. The third-order valence-electron chi connectivity index (χ3n) is 7.77. The van der Waals surface area contributed by atoms with Crippen LogP contribution < -0.4 is 10.2 Å². The van der Waals surface area contributed by atoms with Crippen LogP contribution >= 0.6 is 0 Å². The molecule has 2 aromatic heterocycles. The smallest absolute Gasteiger partial charge is 0.227 e. The van der Waals surface area contributed by atoms with Gasteiger partial charge in [-0.25, -0.2) is 15.0 Å². The summed E-state index contributed by atoms with van der Waals surface area (Å²) in [7, 11) is 3.80. The molecule has 8 rings (SSSR count). The van der Waals surface area contributed by atoms with Gasteiger partial charge in [0, 0.05) is 82.5 Å². The van der Waals surface area contributed by atoms with E-state index in [9.17, 15) is 4.79 Å². The van der Waals surface area contributed by atoms with Crippen LogP contribution in [0.15, 0.2) is 54.9 Å². The van der Waals surface area contributed by atoms with Gasteiger partial charge in [-0.2, -0.15) is 0 Å². The molecule has 1 fully saturated rings. The Labute approximate surface area is 231 Å². The number of hydrogen-bond donors (Lipinski definition) is 1. The van der Waals surface area contributed by atoms with E-state index in [1.54, 1.807) is 13.3 Å². The molecule has 7 heterocycles. The van der Waals surface area contributed by atoms with Gasteiger partial charge in [-0.1, -0.05) is 19.1 Å². The van der Waals surface area contributed by atoms with Crippen molar-refractivity contribution in [3.63, 3.8) is 0 Å². The standard InChI is InChI=1S/C30H39N7O2/c1-22-6-5-13-35(2)29-10-9-24(17-32-29)27-11-12-31-30(34-27)33-25-8-4-7-23(16-25)18-37-15-14-36(20-28(22)38)19-26(37)21-39-3/h4,7-12,16-17,22,26H,5-6,13-15,18-21H2,1-3H3,(H,31,33,34). The molecular weight excluding hydrogens is 490 g/mol. The Kier molecular flexibility index (Phi) is 8.81. The first kappa shape index (κ1) is 27.2. The van der Waals surface area contributed by atoms with E-state index in [1.165, 1.54) is 5.56 Å².